The molecule has 1 aliphatic rings. The van der Waals surface area contributed by atoms with Crippen LogP contribution in [0.5, 0.6) is 5.75 Å². The number of alkyl halides is 2. The molecule has 0 aliphatic carbocycles. The number of benzene rings is 1. The van der Waals surface area contributed by atoms with Gasteiger partial charge in [-0.1, -0.05) is 0 Å². The van der Waals surface area contributed by atoms with Crippen LogP contribution >= 0.6 is 0 Å². The molecule has 2 rings (SSSR count). The van der Waals surface area contributed by atoms with Crippen molar-refractivity contribution >= 4 is 5.91 Å². The summed E-state index contributed by atoms with van der Waals surface area (Å²) in [6, 6.07) is 5.71. The van der Waals surface area contributed by atoms with Crippen molar-refractivity contribution in [1.29, 1.82) is 0 Å². The molecular weight excluding hydrogens is 254 g/mol. The zero-order valence-corrected chi connectivity index (χ0v) is 10.4. The number of piperidine rings is 1. The maximum Gasteiger partial charge on any atom is 0.387 e. The van der Waals surface area contributed by atoms with Gasteiger partial charge in [-0.3, -0.25) is 4.79 Å². The van der Waals surface area contributed by atoms with Crippen molar-refractivity contribution in [2.75, 3.05) is 13.1 Å². The van der Waals surface area contributed by atoms with Gasteiger partial charge in [-0.05, 0) is 37.1 Å². The van der Waals surface area contributed by atoms with E-state index < -0.39 is 6.61 Å². The minimum Gasteiger partial charge on any atom is -0.435 e. The van der Waals surface area contributed by atoms with Gasteiger partial charge in [0.25, 0.3) is 5.91 Å². The maximum atomic E-state index is 12.2. The minimum atomic E-state index is -2.86. The Hall–Kier alpha value is -1.69. The quantitative estimate of drug-likeness (QED) is 0.912. The first-order valence-corrected chi connectivity index (χ1v) is 6.16. The Morgan fingerprint density at radius 2 is 2.05 bits per heavy atom. The Morgan fingerprint density at radius 3 is 2.63 bits per heavy atom. The van der Waals surface area contributed by atoms with Gasteiger partial charge in [0.2, 0.25) is 0 Å². The fourth-order valence-corrected chi connectivity index (χ4v) is 2.16. The molecule has 1 amide bonds. The summed E-state index contributed by atoms with van der Waals surface area (Å²) in [6.07, 6.45) is 1.81. The molecule has 0 unspecified atom stereocenters. The normalized spacial score (nSPS) is 19.6. The van der Waals surface area contributed by atoms with Crippen LogP contribution in [-0.2, 0) is 0 Å². The molecule has 19 heavy (non-hydrogen) atoms. The number of rotatable bonds is 3. The number of carbonyl (C=O) groups is 1. The molecule has 1 aliphatic heterocycles. The van der Waals surface area contributed by atoms with Crippen LogP contribution in [0.4, 0.5) is 8.78 Å². The summed E-state index contributed by atoms with van der Waals surface area (Å²) in [5.41, 5.74) is 6.28. The lowest BCUT2D eigenvalue weighted by Crippen LogP contribution is -2.45. The van der Waals surface area contributed by atoms with Gasteiger partial charge in [0.1, 0.15) is 5.75 Å². The molecule has 0 aromatic heterocycles. The van der Waals surface area contributed by atoms with Crippen LogP contribution < -0.4 is 10.5 Å². The van der Waals surface area contributed by atoms with Gasteiger partial charge in [0.05, 0.1) is 0 Å². The summed E-state index contributed by atoms with van der Waals surface area (Å²) < 4.78 is 28.2. The Balaban J connectivity index is 2.02. The van der Waals surface area contributed by atoms with Crippen LogP contribution in [0.3, 0.4) is 0 Å². The van der Waals surface area contributed by atoms with E-state index in [1.807, 2.05) is 0 Å². The van der Waals surface area contributed by atoms with Crippen molar-refractivity contribution < 1.29 is 18.3 Å². The highest BCUT2D eigenvalue weighted by Crippen LogP contribution is 2.17. The fourth-order valence-electron chi connectivity index (χ4n) is 2.16. The molecule has 2 N–H and O–H groups in total. The lowest BCUT2D eigenvalue weighted by Gasteiger charge is -2.30. The van der Waals surface area contributed by atoms with Crippen molar-refractivity contribution in [3.63, 3.8) is 0 Å². The number of amides is 1. The van der Waals surface area contributed by atoms with Crippen molar-refractivity contribution in [3.05, 3.63) is 29.8 Å². The molecule has 1 atom stereocenters. The average Bonchev–Trinajstić information content (AvgIpc) is 2.38. The SMILES string of the molecule is N[C@H]1CCCN(C(=O)c2ccc(OC(F)F)cc2)C1. The molecule has 1 aromatic carbocycles. The van der Waals surface area contributed by atoms with E-state index in [4.69, 9.17) is 5.73 Å². The first-order valence-electron chi connectivity index (χ1n) is 6.16. The lowest BCUT2D eigenvalue weighted by atomic mass is 10.1. The second-order valence-corrected chi connectivity index (χ2v) is 4.56. The van der Waals surface area contributed by atoms with E-state index in [1.54, 1.807) is 4.90 Å². The molecule has 1 aromatic rings. The maximum absolute atomic E-state index is 12.2. The number of halogens is 2. The summed E-state index contributed by atoms with van der Waals surface area (Å²) in [5.74, 6) is -0.0827. The van der Waals surface area contributed by atoms with Crippen LogP contribution in [0.25, 0.3) is 0 Å². The highest BCUT2D eigenvalue weighted by atomic mass is 19.3. The molecule has 1 fully saturated rings. The molecule has 1 heterocycles. The van der Waals surface area contributed by atoms with Crippen molar-refractivity contribution in [2.24, 2.45) is 5.73 Å². The van der Waals surface area contributed by atoms with Crippen LogP contribution in [0.2, 0.25) is 0 Å². The monoisotopic (exact) mass is 270 g/mol. The van der Waals surface area contributed by atoms with E-state index in [2.05, 4.69) is 4.74 Å². The van der Waals surface area contributed by atoms with Gasteiger partial charge in [0, 0.05) is 24.7 Å². The third-order valence-electron chi connectivity index (χ3n) is 3.07. The molecule has 0 spiro atoms. The second-order valence-electron chi connectivity index (χ2n) is 4.56. The summed E-state index contributed by atoms with van der Waals surface area (Å²) >= 11 is 0. The first-order chi connectivity index (χ1) is 9.06. The van der Waals surface area contributed by atoms with E-state index in [0.717, 1.165) is 12.8 Å². The Bertz CT molecular complexity index is 437. The van der Waals surface area contributed by atoms with Crippen molar-refractivity contribution in [1.82, 2.24) is 4.90 Å². The fraction of sp³-hybridized carbons (Fsp3) is 0.462. The van der Waals surface area contributed by atoms with E-state index in [0.29, 0.717) is 18.7 Å². The predicted octanol–water partition coefficient (Wildman–Crippen LogP) is 1.85. The molecule has 0 radical (unpaired) electrons. The summed E-state index contributed by atoms with van der Waals surface area (Å²) in [6.45, 7) is -1.64. The van der Waals surface area contributed by atoms with Gasteiger partial charge in [-0.25, -0.2) is 0 Å². The Labute approximate surface area is 110 Å². The largest absolute Gasteiger partial charge is 0.435 e. The third-order valence-corrected chi connectivity index (χ3v) is 3.07. The van der Waals surface area contributed by atoms with Crippen LogP contribution in [0.15, 0.2) is 24.3 Å². The standard InChI is InChI=1S/C13H16F2N2O2/c14-13(15)19-11-5-3-9(4-6-11)12(18)17-7-1-2-10(16)8-17/h3-6,10,13H,1-2,7-8,16H2/t10-/m0/s1. The van der Waals surface area contributed by atoms with Crippen molar-refractivity contribution in [3.8, 4) is 5.75 Å². The lowest BCUT2D eigenvalue weighted by molar-refractivity contribution is -0.0498. The molecular formula is C13H16F2N2O2. The van der Waals surface area contributed by atoms with Gasteiger partial charge >= 0.3 is 6.61 Å². The third kappa shape index (κ3) is 3.64. The van der Waals surface area contributed by atoms with Gasteiger partial charge < -0.3 is 15.4 Å². The number of hydrogen-bond donors (Lipinski definition) is 1. The number of hydrogen-bond acceptors (Lipinski definition) is 3. The van der Waals surface area contributed by atoms with E-state index in [9.17, 15) is 13.6 Å². The zero-order chi connectivity index (χ0) is 13.8. The molecule has 1 saturated heterocycles. The zero-order valence-electron chi connectivity index (χ0n) is 10.4. The highest BCUT2D eigenvalue weighted by molar-refractivity contribution is 5.94. The molecule has 6 heteroatoms. The first kappa shape index (κ1) is 13.7. The second kappa shape index (κ2) is 5.97. The van der Waals surface area contributed by atoms with Crippen LogP contribution in [0, 0.1) is 0 Å². The predicted molar refractivity (Wildman–Crippen MR) is 66.2 cm³/mol. The van der Waals surface area contributed by atoms with Gasteiger partial charge in [-0.2, -0.15) is 8.78 Å². The Morgan fingerprint density at radius 1 is 1.37 bits per heavy atom. The smallest absolute Gasteiger partial charge is 0.387 e. The number of carbonyl (C=O) groups excluding carboxylic acids is 1. The van der Waals surface area contributed by atoms with E-state index >= 15 is 0 Å². The van der Waals surface area contributed by atoms with Gasteiger partial charge in [-0.15, -0.1) is 0 Å². The molecule has 4 nitrogen and oxygen atoms in total. The van der Waals surface area contributed by atoms with Crippen LogP contribution in [-0.4, -0.2) is 36.5 Å². The number of likely N-dealkylation sites (tertiary alicyclic amines) is 1. The summed E-state index contributed by atoms with van der Waals surface area (Å²) in [5, 5.41) is 0. The summed E-state index contributed by atoms with van der Waals surface area (Å²) in [4.78, 5) is 13.9. The highest BCUT2D eigenvalue weighted by Gasteiger charge is 2.22. The topological polar surface area (TPSA) is 55.6 Å². The molecule has 0 bridgehead atoms. The molecule has 104 valence electrons. The number of nitrogens with zero attached hydrogens (tertiary/aromatic N) is 1. The van der Waals surface area contributed by atoms with Crippen LogP contribution in [0.1, 0.15) is 23.2 Å². The van der Waals surface area contributed by atoms with Crippen molar-refractivity contribution in [2.45, 2.75) is 25.5 Å². The average molecular weight is 270 g/mol. The number of nitrogens with two attached hydrogens (primary N) is 1. The summed E-state index contributed by atoms with van der Waals surface area (Å²) in [7, 11) is 0. The van der Waals surface area contributed by atoms with Gasteiger partial charge in [0.15, 0.2) is 0 Å². The Kier molecular flexibility index (Phi) is 4.31. The van der Waals surface area contributed by atoms with E-state index in [-0.39, 0.29) is 17.7 Å². The van der Waals surface area contributed by atoms with E-state index in [1.165, 1.54) is 24.3 Å². The molecule has 0 saturated carbocycles. The minimum absolute atomic E-state index is 0.0131. The number of ether oxygens (including phenoxy) is 1.